The van der Waals surface area contributed by atoms with E-state index in [1.165, 1.54) is 13.8 Å². The summed E-state index contributed by atoms with van der Waals surface area (Å²) in [5, 5.41) is 11.4. The van der Waals surface area contributed by atoms with Crippen LogP contribution in [-0.4, -0.2) is 39.9 Å². The van der Waals surface area contributed by atoms with Gasteiger partial charge in [0.25, 0.3) is 7.37 Å². The Labute approximate surface area is 170 Å². The summed E-state index contributed by atoms with van der Waals surface area (Å²) in [5.74, 6) is -3.28. The van der Waals surface area contributed by atoms with Crippen molar-refractivity contribution in [1.82, 2.24) is 5.32 Å². The number of hydrogen-bond donors (Lipinski definition) is 4. The van der Waals surface area contributed by atoms with E-state index in [-0.39, 0.29) is 12.6 Å². The van der Waals surface area contributed by atoms with Crippen LogP contribution in [0.15, 0.2) is 54.6 Å². The number of benzene rings is 2. The van der Waals surface area contributed by atoms with Crippen molar-refractivity contribution in [3.63, 3.8) is 0 Å². The summed E-state index contributed by atoms with van der Waals surface area (Å²) in [5.41, 5.74) is 6.54. The topological polar surface area (TPSA) is 131 Å². The summed E-state index contributed by atoms with van der Waals surface area (Å²) >= 11 is 0. The van der Waals surface area contributed by atoms with Gasteiger partial charge in [-0.3, -0.25) is 14.2 Å². The van der Waals surface area contributed by atoms with Gasteiger partial charge in [-0.2, -0.15) is 0 Å². The first-order valence-corrected chi connectivity index (χ1v) is 11.3. The first-order valence-electron chi connectivity index (χ1n) is 9.42. The first kappa shape index (κ1) is 22.8. The van der Waals surface area contributed by atoms with E-state index in [1.54, 1.807) is 0 Å². The SMILES string of the molecule is CC([NH3+])P(=O)(O)C[C@@H](Cc1ccc(-c2ccccc2)cc1)C(=O)N[C@@H](C)C(=O)O. The summed E-state index contributed by atoms with van der Waals surface area (Å²) in [6.45, 7) is 2.89. The molecule has 0 bridgehead atoms. The zero-order valence-electron chi connectivity index (χ0n) is 16.6. The van der Waals surface area contributed by atoms with Gasteiger partial charge in [-0.05, 0) is 37.0 Å². The van der Waals surface area contributed by atoms with Gasteiger partial charge in [0.15, 0.2) is 5.78 Å². The normalized spacial score (nSPS) is 16.3. The van der Waals surface area contributed by atoms with E-state index in [9.17, 15) is 19.0 Å². The smallest absolute Gasteiger partial charge is 0.325 e. The molecule has 0 saturated heterocycles. The lowest BCUT2D eigenvalue weighted by Crippen LogP contribution is -2.59. The molecule has 8 heteroatoms. The summed E-state index contributed by atoms with van der Waals surface area (Å²) in [4.78, 5) is 33.9. The number of quaternary nitrogens is 1. The summed E-state index contributed by atoms with van der Waals surface area (Å²) in [6, 6.07) is 16.4. The van der Waals surface area contributed by atoms with Gasteiger partial charge in [0, 0.05) is 6.16 Å². The standard InChI is InChI=1S/C21H27N2O5P/c1-14(21(25)26)23-20(24)19(13-29(27,28)15(2)22)12-16-8-10-18(11-9-16)17-6-4-3-5-7-17/h3-11,14-15,19H,12-13,22H2,1-2H3,(H,23,24)(H,25,26)(H,27,28)/p+1/t14-,15?,19+/m0/s1. The van der Waals surface area contributed by atoms with Crippen LogP contribution >= 0.6 is 7.37 Å². The highest BCUT2D eigenvalue weighted by atomic mass is 31.2. The number of rotatable bonds is 9. The van der Waals surface area contributed by atoms with Gasteiger partial charge in [0.2, 0.25) is 5.91 Å². The fraction of sp³-hybridized carbons (Fsp3) is 0.333. The van der Waals surface area contributed by atoms with Crippen molar-refractivity contribution in [2.75, 3.05) is 6.16 Å². The molecule has 0 fully saturated rings. The molecule has 0 heterocycles. The summed E-state index contributed by atoms with van der Waals surface area (Å²) in [6.07, 6.45) is -0.0270. The number of nitrogens with one attached hydrogen (secondary N) is 1. The third-order valence-electron chi connectivity index (χ3n) is 4.81. The first-order chi connectivity index (χ1) is 13.6. The van der Waals surface area contributed by atoms with Crippen LogP contribution in [0.2, 0.25) is 0 Å². The molecule has 2 rings (SSSR count). The van der Waals surface area contributed by atoms with Gasteiger partial charge in [-0.1, -0.05) is 54.6 Å². The lowest BCUT2D eigenvalue weighted by Gasteiger charge is -2.22. The Bertz CT molecular complexity index is 884. The van der Waals surface area contributed by atoms with Crippen molar-refractivity contribution in [1.29, 1.82) is 0 Å². The Kier molecular flexibility index (Phi) is 7.73. The number of carboxylic acid groups (broad SMARTS) is 1. The molecule has 0 aliphatic rings. The minimum atomic E-state index is -3.66. The van der Waals surface area contributed by atoms with E-state index in [1.807, 2.05) is 54.6 Å². The molecule has 0 spiro atoms. The van der Waals surface area contributed by atoms with Crippen LogP contribution in [0.3, 0.4) is 0 Å². The van der Waals surface area contributed by atoms with Gasteiger partial charge in [-0.15, -0.1) is 0 Å². The van der Waals surface area contributed by atoms with E-state index in [0.29, 0.717) is 0 Å². The molecule has 4 atom stereocenters. The van der Waals surface area contributed by atoms with Gasteiger partial charge in [0.1, 0.15) is 6.04 Å². The molecule has 6 N–H and O–H groups in total. The average Bonchev–Trinajstić information content (AvgIpc) is 2.68. The number of amides is 1. The molecule has 0 aliphatic carbocycles. The lowest BCUT2D eigenvalue weighted by atomic mass is 9.97. The molecule has 2 unspecified atom stereocenters. The maximum absolute atomic E-state index is 12.6. The number of carboxylic acids is 1. The molecule has 7 nitrogen and oxygen atoms in total. The molecule has 0 radical (unpaired) electrons. The minimum Gasteiger partial charge on any atom is -0.480 e. The molecule has 29 heavy (non-hydrogen) atoms. The van der Waals surface area contributed by atoms with Crippen LogP contribution in [0.1, 0.15) is 19.4 Å². The zero-order valence-corrected chi connectivity index (χ0v) is 17.5. The van der Waals surface area contributed by atoms with E-state index in [0.717, 1.165) is 16.7 Å². The Balaban J connectivity index is 2.21. The lowest BCUT2D eigenvalue weighted by molar-refractivity contribution is -0.385. The fourth-order valence-electron chi connectivity index (χ4n) is 2.88. The maximum Gasteiger partial charge on any atom is 0.325 e. The predicted octanol–water partition coefficient (Wildman–Crippen LogP) is 1.96. The highest BCUT2D eigenvalue weighted by Gasteiger charge is 2.35. The van der Waals surface area contributed by atoms with Crippen LogP contribution in [0.25, 0.3) is 11.1 Å². The summed E-state index contributed by atoms with van der Waals surface area (Å²) < 4.78 is 12.5. The van der Waals surface area contributed by atoms with Crippen molar-refractivity contribution < 1.29 is 29.9 Å². The Morgan fingerprint density at radius 1 is 1.03 bits per heavy atom. The van der Waals surface area contributed by atoms with Crippen molar-refractivity contribution in [2.24, 2.45) is 5.92 Å². The van der Waals surface area contributed by atoms with Crippen molar-refractivity contribution in [3.8, 4) is 11.1 Å². The van der Waals surface area contributed by atoms with Crippen LogP contribution in [0, 0.1) is 5.92 Å². The number of aliphatic carboxylic acids is 1. The van der Waals surface area contributed by atoms with Crippen molar-refractivity contribution in [2.45, 2.75) is 32.1 Å². The molecule has 2 aromatic rings. The quantitative estimate of drug-likeness (QED) is 0.462. The molecular formula is C21H28N2O5P+. The van der Waals surface area contributed by atoms with E-state index in [2.05, 4.69) is 11.1 Å². The minimum absolute atomic E-state index is 0.227. The second-order valence-electron chi connectivity index (χ2n) is 7.32. The third kappa shape index (κ3) is 6.53. The number of carbonyl (C=O) groups is 2. The van der Waals surface area contributed by atoms with E-state index >= 15 is 0 Å². The fourth-order valence-corrected chi connectivity index (χ4v) is 4.16. The number of hydrogen-bond acceptors (Lipinski definition) is 3. The van der Waals surface area contributed by atoms with E-state index < -0.39 is 37.0 Å². The molecular weight excluding hydrogens is 391 g/mol. The van der Waals surface area contributed by atoms with Crippen LogP contribution in [-0.2, 0) is 20.6 Å². The van der Waals surface area contributed by atoms with Crippen LogP contribution in [0.5, 0.6) is 0 Å². The molecule has 2 aromatic carbocycles. The van der Waals surface area contributed by atoms with Gasteiger partial charge in [-0.25, -0.2) is 0 Å². The van der Waals surface area contributed by atoms with Crippen molar-refractivity contribution >= 4 is 19.2 Å². The Morgan fingerprint density at radius 2 is 1.59 bits per heavy atom. The largest absolute Gasteiger partial charge is 0.480 e. The van der Waals surface area contributed by atoms with Crippen molar-refractivity contribution in [3.05, 3.63) is 60.2 Å². The molecule has 0 aliphatic heterocycles. The third-order valence-corrected chi connectivity index (χ3v) is 7.16. The molecule has 0 saturated carbocycles. The number of carbonyl (C=O) groups excluding carboxylic acids is 1. The highest BCUT2D eigenvalue weighted by molar-refractivity contribution is 7.58. The molecule has 1 amide bonds. The Morgan fingerprint density at radius 3 is 2.10 bits per heavy atom. The monoisotopic (exact) mass is 419 g/mol. The second kappa shape index (κ2) is 9.83. The molecule has 156 valence electrons. The van der Waals surface area contributed by atoms with Gasteiger partial charge in [0.05, 0.1) is 5.92 Å². The van der Waals surface area contributed by atoms with E-state index in [4.69, 9.17) is 5.11 Å². The predicted molar refractivity (Wildman–Crippen MR) is 111 cm³/mol. The molecule has 0 aromatic heterocycles. The zero-order chi connectivity index (χ0) is 21.6. The summed E-state index contributed by atoms with van der Waals surface area (Å²) in [7, 11) is -3.66. The average molecular weight is 419 g/mol. The van der Waals surface area contributed by atoms with Gasteiger partial charge >= 0.3 is 5.97 Å². The van der Waals surface area contributed by atoms with Crippen LogP contribution < -0.4 is 11.1 Å². The Hall–Kier alpha value is -2.47. The highest BCUT2D eigenvalue weighted by Crippen LogP contribution is 2.45. The van der Waals surface area contributed by atoms with Gasteiger partial charge < -0.3 is 21.1 Å². The second-order valence-corrected chi connectivity index (χ2v) is 10.1. The maximum atomic E-state index is 12.6. The van der Waals surface area contributed by atoms with Crippen LogP contribution in [0.4, 0.5) is 0 Å².